The summed E-state index contributed by atoms with van der Waals surface area (Å²) in [6, 6.07) is 8.14. The highest BCUT2D eigenvalue weighted by atomic mass is 16.6. The Balaban J connectivity index is 2.48. The zero-order valence-corrected chi connectivity index (χ0v) is 14.5. The zero-order chi connectivity index (χ0) is 16.6. The minimum Gasteiger partial charge on any atom is -0.444 e. The Morgan fingerprint density at radius 1 is 1.14 bits per heavy atom. The minimum atomic E-state index is -0.470. The van der Waals surface area contributed by atoms with Gasteiger partial charge in [0.1, 0.15) is 5.60 Å². The molecule has 0 aliphatic rings. The summed E-state index contributed by atoms with van der Waals surface area (Å²) < 4.78 is 5.26. The highest BCUT2D eigenvalue weighted by molar-refractivity contribution is 5.67. The molecule has 1 aromatic rings. The van der Waals surface area contributed by atoms with Gasteiger partial charge >= 0.3 is 6.09 Å². The molecule has 1 aromatic carbocycles. The Kier molecular flexibility index (Phi) is 7.39. The van der Waals surface area contributed by atoms with E-state index in [9.17, 15) is 4.79 Å². The molecule has 4 nitrogen and oxygen atoms in total. The second-order valence-corrected chi connectivity index (χ2v) is 6.98. The van der Waals surface area contributed by atoms with Gasteiger partial charge < -0.3 is 15.4 Å². The van der Waals surface area contributed by atoms with E-state index >= 15 is 0 Å². The third-order valence-electron chi connectivity index (χ3n) is 3.15. The monoisotopic (exact) mass is 306 g/mol. The highest BCUT2D eigenvalue weighted by Crippen LogP contribution is 2.10. The molecule has 0 aliphatic heterocycles. The van der Waals surface area contributed by atoms with Crippen molar-refractivity contribution in [2.45, 2.75) is 59.7 Å². The lowest BCUT2D eigenvalue weighted by Crippen LogP contribution is -2.32. The van der Waals surface area contributed by atoms with Crippen LogP contribution in [-0.4, -0.2) is 18.2 Å². The van der Waals surface area contributed by atoms with Gasteiger partial charge in [-0.3, -0.25) is 0 Å². The molecule has 22 heavy (non-hydrogen) atoms. The van der Waals surface area contributed by atoms with Crippen LogP contribution >= 0.6 is 0 Å². The molecule has 1 amide bonds. The summed E-state index contributed by atoms with van der Waals surface area (Å²) >= 11 is 0. The Morgan fingerprint density at radius 3 is 2.27 bits per heavy atom. The van der Waals surface area contributed by atoms with E-state index in [1.165, 1.54) is 12.0 Å². The maximum atomic E-state index is 11.7. The van der Waals surface area contributed by atoms with E-state index in [4.69, 9.17) is 4.74 Å². The van der Waals surface area contributed by atoms with Gasteiger partial charge in [-0.05, 0) is 50.8 Å². The van der Waals surface area contributed by atoms with Gasteiger partial charge in [-0.2, -0.15) is 0 Å². The Bertz CT molecular complexity index is 464. The number of rotatable bonds is 7. The van der Waals surface area contributed by atoms with Crippen molar-refractivity contribution >= 4 is 6.09 Å². The van der Waals surface area contributed by atoms with Gasteiger partial charge in [0, 0.05) is 13.1 Å². The molecule has 124 valence electrons. The standard InChI is InChI=1S/C18H30N2O2/c1-14(2)10-11-19-12-15-8-6-7-9-16(15)13-20-17(21)22-18(3,4)5/h6-9,14,19H,10-13H2,1-5H3,(H,20,21). The summed E-state index contributed by atoms with van der Waals surface area (Å²) in [6.45, 7) is 12.3. The van der Waals surface area contributed by atoms with Crippen LogP contribution in [0.15, 0.2) is 24.3 Å². The van der Waals surface area contributed by atoms with E-state index < -0.39 is 5.60 Å². The maximum absolute atomic E-state index is 11.7. The molecule has 0 spiro atoms. The molecule has 0 saturated carbocycles. The number of carbonyl (C=O) groups is 1. The summed E-state index contributed by atoms with van der Waals surface area (Å²) in [5.74, 6) is 0.705. The fourth-order valence-electron chi connectivity index (χ4n) is 2.00. The highest BCUT2D eigenvalue weighted by Gasteiger charge is 2.15. The largest absolute Gasteiger partial charge is 0.444 e. The first-order valence-corrected chi connectivity index (χ1v) is 8.02. The summed E-state index contributed by atoms with van der Waals surface area (Å²) in [4.78, 5) is 11.7. The SMILES string of the molecule is CC(C)CCNCc1ccccc1CNC(=O)OC(C)(C)C. The van der Waals surface area contributed by atoms with Crippen LogP contribution in [0.4, 0.5) is 4.79 Å². The predicted octanol–water partition coefficient (Wildman–Crippen LogP) is 3.85. The lowest BCUT2D eigenvalue weighted by molar-refractivity contribution is 0.0523. The van der Waals surface area contributed by atoms with Crippen molar-refractivity contribution in [3.05, 3.63) is 35.4 Å². The molecule has 0 heterocycles. The number of benzene rings is 1. The number of alkyl carbamates (subject to hydrolysis) is 1. The maximum Gasteiger partial charge on any atom is 0.407 e. The zero-order valence-electron chi connectivity index (χ0n) is 14.5. The molecule has 0 aliphatic carbocycles. The minimum absolute atomic E-state index is 0.380. The van der Waals surface area contributed by atoms with Crippen LogP contribution in [0.25, 0.3) is 0 Å². The van der Waals surface area contributed by atoms with E-state index in [0.29, 0.717) is 12.5 Å². The van der Waals surface area contributed by atoms with E-state index in [-0.39, 0.29) is 6.09 Å². The van der Waals surface area contributed by atoms with Crippen molar-refractivity contribution in [1.82, 2.24) is 10.6 Å². The van der Waals surface area contributed by atoms with Crippen LogP contribution in [0.3, 0.4) is 0 Å². The molecule has 0 radical (unpaired) electrons. The molecule has 0 atom stereocenters. The van der Waals surface area contributed by atoms with Crippen LogP contribution in [0.5, 0.6) is 0 Å². The van der Waals surface area contributed by atoms with Gasteiger partial charge in [-0.1, -0.05) is 38.1 Å². The lowest BCUT2D eigenvalue weighted by atomic mass is 10.1. The third kappa shape index (κ3) is 8.03. The average molecular weight is 306 g/mol. The van der Waals surface area contributed by atoms with Crippen LogP contribution < -0.4 is 10.6 Å². The first-order chi connectivity index (χ1) is 10.3. The van der Waals surface area contributed by atoms with Gasteiger partial charge in [-0.25, -0.2) is 4.79 Å². The Hall–Kier alpha value is -1.55. The molecule has 2 N–H and O–H groups in total. The first kappa shape index (κ1) is 18.5. The second-order valence-electron chi connectivity index (χ2n) is 6.98. The summed E-state index contributed by atoms with van der Waals surface area (Å²) in [5.41, 5.74) is 1.86. The molecular formula is C18H30N2O2. The van der Waals surface area contributed by atoms with Crippen LogP contribution in [0, 0.1) is 5.92 Å². The van der Waals surface area contributed by atoms with Crippen molar-refractivity contribution in [2.24, 2.45) is 5.92 Å². The smallest absolute Gasteiger partial charge is 0.407 e. The molecular weight excluding hydrogens is 276 g/mol. The number of hydrogen-bond donors (Lipinski definition) is 2. The summed E-state index contributed by atoms with van der Waals surface area (Å²) in [6.07, 6.45) is 0.785. The summed E-state index contributed by atoms with van der Waals surface area (Å²) in [5, 5.41) is 6.27. The number of carbonyl (C=O) groups excluding carboxylic acids is 1. The van der Waals surface area contributed by atoms with Gasteiger partial charge in [-0.15, -0.1) is 0 Å². The number of ether oxygens (including phenoxy) is 1. The topological polar surface area (TPSA) is 50.4 Å². The molecule has 0 unspecified atom stereocenters. The number of nitrogens with one attached hydrogen (secondary N) is 2. The van der Waals surface area contributed by atoms with E-state index in [0.717, 1.165) is 18.7 Å². The fourth-order valence-corrected chi connectivity index (χ4v) is 2.00. The normalized spacial score (nSPS) is 11.5. The predicted molar refractivity (Wildman–Crippen MR) is 90.7 cm³/mol. The van der Waals surface area contributed by atoms with Crippen molar-refractivity contribution in [3.63, 3.8) is 0 Å². The molecule has 1 rings (SSSR count). The van der Waals surface area contributed by atoms with Gasteiger partial charge in [0.05, 0.1) is 0 Å². The van der Waals surface area contributed by atoms with Gasteiger partial charge in [0.15, 0.2) is 0 Å². The van der Waals surface area contributed by atoms with Crippen LogP contribution in [0.2, 0.25) is 0 Å². The van der Waals surface area contributed by atoms with Crippen molar-refractivity contribution in [2.75, 3.05) is 6.54 Å². The molecule has 0 bridgehead atoms. The Labute approximate surface area is 134 Å². The van der Waals surface area contributed by atoms with E-state index in [1.54, 1.807) is 0 Å². The fraction of sp³-hybridized carbons (Fsp3) is 0.611. The molecule has 0 aromatic heterocycles. The summed E-state index contributed by atoms with van der Waals surface area (Å²) in [7, 11) is 0. The number of hydrogen-bond acceptors (Lipinski definition) is 3. The van der Waals surface area contributed by atoms with E-state index in [2.05, 4.69) is 30.5 Å². The van der Waals surface area contributed by atoms with Crippen molar-refractivity contribution < 1.29 is 9.53 Å². The quantitative estimate of drug-likeness (QED) is 0.752. The lowest BCUT2D eigenvalue weighted by Gasteiger charge is -2.20. The van der Waals surface area contributed by atoms with Crippen molar-refractivity contribution in [1.29, 1.82) is 0 Å². The van der Waals surface area contributed by atoms with Crippen molar-refractivity contribution in [3.8, 4) is 0 Å². The van der Waals surface area contributed by atoms with Crippen LogP contribution in [0.1, 0.15) is 52.2 Å². The average Bonchev–Trinajstić information content (AvgIpc) is 2.40. The number of amides is 1. The first-order valence-electron chi connectivity index (χ1n) is 8.02. The molecule has 0 saturated heterocycles. The molecule has 0 fully saturated rings. The molecule has 4 heteroatoms. The third-order valence-corrected chi connectivity index (χ3v) is 3.15. The Morgan fingerprint density at radius 2 is 1.73 bits per heavy atom. The second kappa shape index (κ2) is 8.79. The van der Waals surface area contributed by atoms with Gasteiger partial charge in [0.2, 0.25) is 0 Å². The van der Waals surface area contributed by atoms with E-state index in [1.807, 2.05) is 39.0 Å². The van der Waals surface area contributed by atoms with Crippen LogP contribution in [-0.2, 0) is 17.8 Å². The van der Waals surface area contributed by atoms with Gasteiger partial charge in [0.25, 0.3) is 0 Å².